The Bertz CT molecular complexity index is 1850. The van der Waals surface area contributed by atoms with Gasteiger partial charge in [0.2, 0.25) is 0 Å². The molecule has 1 aliphatic rings. The number of ether oxygens (including phenoxy) is 3. The molecule has 0 spiro atoms. The van der Waals surface area contributed by atoms with Gasteiger partial charge in [-0.1, -0.05) is 89.5 Å². The molecule has 0 saturated heterocycles. The third-order valence-electron chi connectivity index (χ3n) is 6.34. The minimum Gasteiger partial charge on any atom is -0.493 e. The van der Waals surface area contributed by atoms with Crippen molar-refractivity contribution in [1.29, 1.82) is 0 Å². The number of nitrogens with zero attached hydrogens (tertiary/aromatic N) is 2. The van der Waals surface area contributed by atoms with Gasteiger partial charge in [-0.15, -0.1) is 6.42 Å². The molecule has 0 saturated carbocycles. The Hall–Kier alpha value is -4.58. The Morgan fingerprint density at radius 2 is 1.85 bits per heavy atom. The molecule has 4 aromatic rings. The molecule has 206 valence electrons. The largest absolute Gasteiger partial charge is 0.493 e. The number of esters is 1. The number of terminal acetylenes is 1. The Kier molecular flexibility index (Phi) is 8.39. The summed E-state index contributed by atoms with van der Waals surface area (Å²) < 4.78 is 18.4. The van der Waals surface area contributed by atoms with E-state index in [1.54, 1.807) is 29.7 Å². The van der Waals surface area contributed by atoms with Crippen LogP contribution in [0.3, 0.4) is 0 Å². The van der Waals surface area contributed by atoms with Crippen LogP contribution >= 0.6 is 22.9 Å². The van der Waals surface area contributed by atoms with Gasteiger partial charge in [0, 0.05) is 5.56 Å². The number of hydrogen-bond donors (Lipinski definition) is 0. The molecule has 0 radical (unpaired) electrons. The van der Waals surface area contributed by atoms with Crippen molar-refractivity contribution in [1.82, 2.24) is 4.57 Å². The summed E-state index contributed by atoms with van der Waals surface area (Å²) in [4.78, 5) is 32.8. The Morgan fingerprint density at radius 3 is 2.51 bits per heavy atom. The van der Waals surface area contributed by atoms with E-state index in [0.29, 0.717) is 37.7 Å². The molecule has 0 unspecified atom stereocenters. The molecule has 0 bridgehead atoms. The molecule has 41 heavy (non-hydrogen) atoms. The Morgan fingerprint density at radius 1 is 1.15 bits per heavy atom. The Labute approximate surface area is 245 Å². The van der Waals surface area contributed by atoms with E-state index >= 15 is 0 Å². The third kappa shape index (κ3) is 5.55. The van der Waals surface area contributed by atoms with Crippen LogP contribution in [0.2, 0.25) is 5.02 Å². The first kappa shape index (κ1) is 28.0. The number of methoxy groups -OCH3 is 1. The fourth-order valence-corrected chi connectivity index (χ4v) is 5.89. The minimum atomic E-state index is -0.749. The predicted molar refractivity (Wildman–Crippen MR) is 160 cm³/mol. The number of aromatic nitrogens is 1. The van der Waals surface area contributed by atoms with Crippen molar-refractivity contribution in [2.75, 3.05) is 20.3 Å². The van der Waals surface area contributed by atoms with Crippen molar-refractivity contribution >= 4 is 40.7 Å². The summed E-state index contributed by atoms with van der Waals surface area (Å²) in [5.74, 6) is 2.57. The van der Waals surface area contributed by atoms with E-state index in [1.807, 2.05) is 60.7 Å². The number of carbonyl (C=O) groups is 1. The van der Waals surface area contributed by atoms with Crippen molar-refractivity contribution in [3.8, 4) is 23.8 Å². The van der Waals surface area contributed by atoms with Gasteiger partial charge in [-0.05, 0) is 36.3 Å². The lowest BCUT2D eigenvalue weighted by Crippen LogP contribution is -2.39. The smallest absolute Gasteiger partial charge is 0.338 e. The lowest BCUT2D eigenvalue weighted by Gasteiger charge is -2.25. The molecule has 0 fully saturated rings. The lowest BCUT2D eigenvalue weighted by molar-refractivity contribution is -0.138. The van der Waals surface area contributed by atoms with Gasteiger partial charge in [0.15, 0.2) is 16.3 Å². The fourth-order valence-electron chi connectivity index (χ4n) is 4.62. The van der Waals surface area contributed by atoms with E-state index in [0.717, 1.165) is 11.1 Å². The summed E-state index contributed by atoms with van der Waals surface area (Å²) in [5, 5.41) is 0.289. The highest BCUT2D eigenvalue weighted by molar-refractivity contribution is 7.07. The highest BCUT2D eigenvalue weighted by Crippen LogP contribution is 2.37. The third-order valence-corrected chi connectivity index (χ3v) is 7.60. The first-order valence-electron chi connectivity index (χ1n) is 12.7. The number of rotatable bonds is 8. The number of hydrogen-bond acceptors (Lipinski definition) is 7. The van der Waals surface area contributed by atoms with Gasteiger partial charge >= 0.3 is 5.97 Å². The van der Waals surface area contributed by atoms with Crippen LogP contribution in [0.4, 0.5) is 0 Å². The monoisotopic (exact) mass is 584 g/mol. The summed E-state index contributed by atoms with van der Waals surface area (Å²) in [6, 6.07) is 21.4. The SMILES string of the molecule is C#CCOc1c(Cl)cc(/C=c2\sc3n(c2=O)[C@@H](c2ccccc2)C(C(=O)OCC)=C(c2ccccc2)N=3)cc1OC. The van der Waals surface area contributed by atoms with Gasteiger partial charge in [0.1, 0.15) is 6.61 Å². The van der Waals surface area contributed by atoms with Crippen LogP contribution in [-0.2, 0) is 9.53 Å². The van der Waals surface area contributed by atoms with Crippen LogP contribution in [0.15, 0.2) is 88.2 Å². The molecular weight excluding hydrogens is 560 g/mol. The number of halogens is 1. The predicted octanol–water partition coefficient (Wildman–Crippen LogP) is 4.61. The first-order valence-corrected chi connectivity index (χ1v) is 13.9. The van der Waals surface area contributed by atoms with E-state index in [9.17, 15) is 9.59 Å². The van der Waals surface area contributed by atoms with Crippen LogP contribution in [0.25, 0.3) is 11.8 Å². The van der Waals surface area contributed by atoms with Crippen molar-refractivity contribution in [3.05, 3.63) is 120 Å². The zero-order valence-corrected chi connectivity index (χ0v) is 23.9. The molecule has 2 heterocycles. The van der Waals surface area contributed by atoms with E-state index < -0.39 is 12.0 Å². The maximum atomic E-state index is 14.0. The number of thiazole rings is 1. The summed E-state index contributed by atoms with van der Waals surface area (Å²) >= 11 is 7.70. The second kappa shape index (κ2) is 12.3. The van der Waals surface area contributed by atoms with Gasteiger partial charge in [-0.2, -0.15) is 0 Å². The van der Waals surface area contributed by atoms with E-state index in [4.69, 9.17) is 37.2 Å². The average molecular weight is 585 g/mol. The van der Waals surface area contributed by atoms with Crippen LogP contribution in [0.1, 0.15) is 29.7 Å². The van der Waals surface area contributed by atoms with Gasteiger partial charge < -0.3 is 14.2 Å². The van der Waals surface area contributed by atoms with E-state index in [1.165, 1.54) is 18.4 Å². The van der Waals surface area contributed by atoms with Gasteiger partial charge in [0.25, 0.3) is 5.56 Å². The second-order valence-corrected chi connectivity index (χ2v) is 10.3. The summed E-state index contributed by atoms with van der Waals surface area (Å²) in [6.07, 6.45) is 7.03. The molecule has 1 aliphatic heterocycles. The fraction of sp³-hybridized carbons (Fsp3) is 0.156. The van der Waals surface area contributed by atoms with Crippen molar-refractivity contribution in [2.45, 2.75) is 13.0 Å². The van der Waals surface area contributed by atoms with Crippen molar-refractivity contribution in [2.24, 2.45) is 4.99 Å². The van der Waals surface area contributed by atoms with Gasteiger partial charge in [-0.3, -0.25) is 9.36 Å². The maximum Gasteiger partial charge on any atom is 0.338 e. The average Bonchev–Trinajstić information content (AvgIpc) is 3.30. The molecule has 0 aliphatic carbocycles. The highest BCUT2D eigenvalue weighted by atomic mass is 35.5. The van der Waals surface area contributed by atoms with Gasteiger partial charge in [-0.25, -0.2) is 9.79 Å². The van der Waals surface area contributed by atoms with Gasteiger partial charge in [0.05, 0.1) is 40.6 Å². The number of carbonyl (C=O) groups excluding carboxylic acids is 1. The minimum absolute atomic E-state index is 0.0278. The zero-order chi connectivity index (χ0) is 28.9. The van der Waals surface area contributed by atoms with E-state index in [-0.39, 0.29) is 23.8 Å². The summed E-state index contributed by atoms with van der Waals surface area (Å²) in [6.45, 7) is 1.95. The molecular formula is C32H25ClN2O5S. The number of benzene rings is 3. The van der Waals surface area contributed by atoms with Crippen molar-refractivity contribution < 1.29 is 19.0 Å². The lowest BCUT2D eigenvalue weighted by atomic mass is 9.93. The van der Waals surface area contributed by atoms with Crippen LogP contribution < -0.4 is 24.4 Å². The zero-order valence-electron chi connectivity index (χ0n) is 22.3. The molecule has 1 aromatic heterocycles. The second-order valence-electron chi connectivity index (χ2n) is 8.87. The maximum absolute atomic E-state index is 14.0. The molecule has 7 nitrogen and oxygen atoms in total. The van der Waals surface area contributed by atoms with Crippen molar-refractivity contribution in [3.63, 3.8) is 0 Å². The van der Waals surface area contributed by atoms with Crippen LogP contribution in [0.5, 0.6) is 11.5 Å². The standard InChI is InChI=1S/C32H25ClN2O5S/c1-4-16-40-29-23(33)17-20(18-24(29)38-3)19-25-30(36)35-28(22-14-10-7-11-15-22)26(31(37)39-5-2)27(34-32(35)41-25)21-12-8-6-9-13-21/h1,6-15,17-19,28H,5,16H2,2-3H3/b25-19-/t28-/m0/s1. The Balaban J connectivity index is 1.76. The molecule has 0 amide bonds. The summed E-state index contributed by atoms with van der Waals surface area (Å²) in [7, 11) is 1.49. The topological polar surface area (TPSA) is 79.1 Å². The normalized spacial score (nSPS) is 14.6. The first-order chi connectivity index (χ1) is 20.0. The molecule has 1 atom stereocenters. The highest BCUT2D eigenvalue weighted by Gasteiger charge is 2.35. The number of fused-ring (bicyclic) bond motifs is 1. The molecule has 0 N–H and O–H groups in total. The molecule has 9 heteroatoms. The molecule has 3 aromatic carbocycles. The van der Waals surface area contributed by atoms with Crippen LogP contribution in [0, 0.1) is 12.3 Å². The van der Waals surface area contributed by atoms with Crippen LogP contribution in [-0.4, -0.2) is 30.9 Å². The molecule has 5 rings (SSSR count). The quantitative estimate of drug-likeness (QED) is 0.223. The van der Waals surface area contributed by atoms with E-state index in [2.05, 4.69) is 5.92 Å². The summed E-state index contributed by atoms with van der Waals surface area (Å²) in [5.41, 5.74) is 2.57.